The standard InChI is InChI=1S/C16H23FN2.ClH/c1-12-5-6-14(15(17)11-12)16(13-3-2-4-13)19-9-7-18-8-10-19;/h5-6,11,13,16,18H,2-4,7-10H2,1H3;1H/t16-;/m0./s1. The van der Waals surface area contributed by atoms with Crippen LogP contribution in [0.4, 0.5) is 4.39 Å². The summed E-state index contributed by atoms with van der Waals surface area (Å²) in [6, 6.07) is 6.03. The Kier molecular flexibility index (Phi) is 5.42. The maximum Gasteiger partial charge on any atom is 0.128 e. The van der Waals surface area contributed by atoms with Crippen LogP contribution in [0.25, 0.3) is 0 Å². The largest absolute Gasteiger partial charge is 0.314 e. The molecule has 0 aromatic heterocycles. The van der Waals surface area contributed by atoms with Gasteiger partial charge in [0.1, 0.15) is 5.82 Å². The lowest BCUT2D eigenvalue weighted by molar-refractivity contribution is 0.0812. The van der Waals surface area contributed by atoms with E-state index in [1.165, 1.54) is 19.3 Å². The second-order valence-corrected chi connectivity index (χ2v) is 5.95. The van der Waals surface area contributed by atoms with E-state index in [1.54, 1.807) is 6.07 Å². The predicted octanol–water partition coefficient (Wildman–Crippen LogP) is 3.30. The fourth-order valence-corrected chi connectivity index (χ4v) is 3.34. The Balaban J connectivity index is 0.00000147. The summed E-state index contributed by atoms with van der Waals surface area (Å²) < 4.78 is 14.3. The van der Waals surface area contributed by atoms with Gasteiger partial charge in [0.25, 0.3) is 0 Å². The van der Waals surface area contributed by atoms with E-state index < -0.39 is 0 Å². The molecule has 4 heteroatoms. The minimum atomic E-state index is -0.0181. The topological polar surface area (TPSA) is 15.3 Å². The zero-order valence-electron chi connectivity index (χ0n) is 12.1. The first-order valence-corrected chi connectivity index (χ1v) is 7.46. The zero-order valence-corrected chi connectivity index (χ0v) is 12.9. The van der Waals surface area contributed by atoms with E-state index in [0.717, 1.165) is 37.3 Å². The number of hydrogen-bond acceptors (Lipinski definition) is 2. The van der Waals surface area contributed by atoms with Gasteiger partial charge in [-0.15, -0.1) is 12.4 Å². The highest BCUT2D eigenvalue weighted by molar-refractivity contribution is 5.85. The number of halogens is 2. The Morgan fingerprint density at radius 1 is 1.25 bits per heavy atom. The quantitative estimate of drug-likeness (QED) is 0.921. The summed E-state index contributed by atoms with van der Waals surface area (Å²) in [5.41, 5.74) is 1.92. The zero-order chi connectivity index (χ0) is 13.2. The second-order valence-electron chi connectivity index (χ2n) is 5.95. The Morgan fingerprint density at radius 3 is 2.50 bits per heavy atom. The van der Waals surface area contributed by atoms with Crippen molar-refractivity contribution in [2.75, 3.05) is 26.2 Å². The number of rotatable bonds is 3. The third-order valence-corrected chi connectivity index (χ3v) is 4.62. The Bertz CT molecular complexity index is 442. The summed E-state index contributed by atoms with van der Waals surface area (Å²) in [6.07, 6.45) is 3.81. The molecule has 0 unspecified atom stereocenters. The third kappa shape index (κ3) is 3.16. The maximum absolute atomic E-state index is 14.3. The van der Waals surface area contributed by atoms with Gasteiger partial charge in [-0.3, -0.25) is 4.90 Å². The minimum Gasteiger partial charge on any atom is -0.314 e. The van der Waals surface area contributed by atoms with Crippen molar-refractivity contribution in [1.82, 2.24) is 10.2 Å². The van der Waals surface area contributed by atoms with Crippen molar-refractivity contribution < 1.29 is 4.39 Å². The normalized spacial score (nSPS) is 21.9. The molecule has 0 spiro atoms. The molecular weight excluding hydrogens is 275 g/mol. The molecule has 2 fully saturated rings. The summed E-state index contributed by atoms with van der Waals surface area (Å²) in [5, 5.41) is 3.38. The summed E-state index contributed by atoms with van der Waals surface area (Å²) in [5.74, 6) is 0.630. The summed E-state index contributed by atoms with van der Waals surface area (Å²) in [7, 11) is 0. The molecule has 3 rings (SSSR count). The molecule has 1 heterocycles. The highest BCUT2D eigenvalue weighted by Crippen LogP contribution is 2.42. The molecule has 1 atom stereocenters. The molecule has 0 bridgehead atoms. The number of piperazine rings is 1. The second kappa shape index (κ2) is 6.88. The van der Waals surface area contributed by atoms with Gasteiger partial charge >= 0.3 is 0 Å². The van der Waals surface area contributed by atoms with Gasteiger partial charge in [-0.2, -0.15) is 0 Å². The van der Waals surface area contributed by atoms with Gasteiger partial charge in [-0.1, -0.05) is 18.6 Å². The van der Waals surface area contributed by atoms with Crippen LogP contribution in [0.15, 0.2) is 18.2 Å². The fraction of sp³-hybridized carbons (Fsp3) is 0.625. The number of aryl methyl sites for hydroxylation is 1. The molecule has 1 aromatic rings. The van der Waals surface area contributed by atoms with E-state index in [1.807, 2.05) is 19.1 Å². The Labute approximate surface area is 127 Å². The van der Waals surface area contributed by atoms with Gasteiger partial charge in [-0.05, 0) is 37.3 Å². The highest BCUT2D eigenvalue weighted by Gasteiger charge is 2.34. The Morgan fingerprint density at radius 2 is 1.95 bits per heavy atom. The molecule has 1 aliphatic carbocycles. The molecule has 2 nitrogen and oxygen atoms in total. The average Bonchev–Trinajstić information content (AvgIpc) is 2.35. The number of benzene rings is 1. The first-order valence-electron chi connectivity index (χ1n) is 7.46. The van der Waals surface area contributed by atoms with E-state index in [0.29, 0.717) is 5.92 Å². The van der Waals surface area contributed by atoms with E-state index in [9.17, 15) is 4.39 Å². The van der Waals surface area contributed by atoms with Crippen molar-refractivity contribution >= 4 is 12.4 Å². The van der Waals surface area contributed by atoms with Crippen molar-refractivity contribution in [3.63, 3.8) is 0 Å². The van der Waals surface area contributed by atoms with Gasteiger partial charge < -0.3 is 5.32 Å². The van der Waals surface area contributed by atoms with Crippen LogP contribution in [0.3, 0.4) is 0 Å². The van der Waals surface area contributed by atoms with Crippen LogP contribution in [0.1, 0.15) is 36.4 Å². The van der Waals surface area contributed by atoms with Crippen LogP contribution in [0.5, 0.6) is 0 Å². The van der Waals surface area contributed by atoms with Crippen LogP contribution >= 0.6 is 12.4 Å². The van der Waals surface area contributed by atoms with E-state index in [4.69, 9.17) is 0 Å². The predicted molar refractivity (Wildman–Crippen MR) is 82.9 cm³/mol. The molecule has 1 saturated carbocycles. The van der Waals surface area contributed by atoms with Crippen LogP contribution < -0.4 is 5.32 Å². The highest BCUT2D eigenvalue weighted by atomic mass is 35.5. The molecule has 0 radical (unpaired) electrons. The SMILES string of the molecule is Cc1ccc([C@H](C2CCC2)N2CCNCC2)c(F)c1.Cl. The molecule has 1 aromatic carbocycles. The van der Waals surface area contributed by atoms with Gasteiger partial charge in [0.2, 0.25) is 0 Å². The van der Waals surface area contributed by atoms with Crippen molar-refractivity contribution in [3.8, 4) is 0 Å². The summed E-state index contributed by atoms with van der Waals surface area (Å²) in [4.78, 5) is 2.48. The van der Waals surface area contributed by atoms with E-state index in [2.05, 4.69) is 10.2 Å². The molecule has 0 amide bonds. The molecule has 112 valence electrons. The molecule has 1 N–H and O–H groups in total. The molecule has 2 aliphatic rings. The lowest BCUT2D eigenvalue weighted by Gasteiger charge is -2.43. The molecule has 1 saturated heterocycles. The number of nitrogens with one attached hydrogen (secondary N) is 1. The fourth-order valence-electron chi connectivity index (χ4n) is 3.34. The lowest BCUT2D eigenvalue weighted by atomic mass is 9.76. The first kappa shape index (κ1) is 15.7. The van der Waals surface area contributed by atoms with Gasteiger partial charge in [0, 0.05) is 37.8 Å². The average molecular weight is 299 g/mol. The van der Waals surface area contributed by atoms with Crippen LogP contribution in [-0.2, 0) is 0 Å². The van der Waals surface area contributed by atoms with Crippen molar-refractivity contribution in [2.45, 2.75) is 32.2 Å². The maximum atomic E-state index is 14.3. The van der Waals surface area contributed by atoms with Crippen molar-refractivity contribution in [2.24, 2.45) is 5.92 Å². The third-order valence-electron chi connectivity index (χ3n) is 4.62. The smallest absolute Gasteiger partial charge is 0.128 e. The van der Waals surface area contributed by atoms with Gasteiger partial charge in [0.15, 0.2) is 0 Å². The summed E-state index contributed by atoms with van der Waals surface area (Å²) in [6.45, 7) is 6.08. The van der Waals surface area contributed by atoms with E-state index >= 15 is 0 Å². The monoisotopic (exact) mass is 298 g/mol. The minimum absolute atomic E-state index is 0. The van der Waals surface area contributed by atoms with Crippen molar-refractivity contribution in [1.29, 1.82) is 0 Å². The van der Waals surface area contributed by atoms with Crippen LogP contribution in [0.2, 0.25) is 0 Å². The Hall–Kier alpha value is -0.640. The molecular formula is C16H24ClFN2. The van der Waals surface area contributed by atoms with Crippen LogP contribution in [0, 0.1) is 18.7 Å². The summed E-state index contributed by atoms with van der Waals surface area (Å²) >= 11 is 0. The van der Waals surface area contributed by atoms with Crippen molar-refractivity contribution in [3.05, 3.63) is 35.1 Å². The van der Waals surface area contributed by atoms with E-state index in [-0.39, 0.29) is 24.3 Å². The number of nitrogens with zero attached hydrogens (tertiary/aromatic N) is 1. The van der Waals surface area contributed by atoms with Crippen LogP contribution in [-0.4, -0.2) is 31.1 Å². The lowest BCUT2D eigenvalue weighted by Crippen LogP contribution is -2.48. The molecule has 20 heavy (non-hydrogen) atoms. The molecule has 1 aliphatic heterocycles. The number of hydrogen-bond donors (Lipinski definition) is 1. The van der Waals surface area contributed by atoms with Gasteiger partial charge in [0.05, 0.1) is 0 Å². The first-order chi connectivity index (χ1) is 9.25. The van der Waals surface area contributed by atoms with Gasteiger partial charge in [-0.25, -0.2) is 4.39 Å².